The predicted molar refractivity (Wildman–Crippen MR) is 296 cm³/mol. The lowest BCUT2D eigenvalue weighted by Gasteiger charge is -2.43. The second-order valence-electron chi connectivity index (χ2n) is 24.1. The zero-order valence-electron chi connectivity index (χ0n) is 42.8. The molecule has 3 unspecified atom stereocenters. The lowest BCUT2D eigenvalue weighted by molar-refractivity contribution is 0.546. The van der Waals surface area contributed by atoms with E-state index in [-0.39, 0.29) is 10.8 Å². The van der Waals surface area contributed by atoms with E-state index in [0.29, 0.717) is 17.8 Å². The van der Waals surface area contributed by atoms with Crippen molar-refractivity contribution in [2.45, 2.75) is 155 Å². The van der Waals surface area contributed by atoms with Gasteiger partial charge in [0, 0.05) is 22.7 Å². The second-order valence-corrected chi connectivity index (χ2v) is 24.1. The SMILES string of the molecule is CC1=CCC2CCC=CC2=C1C1CC2=C(CC(C3=C(C)CCC4=C3CCC=C4)C3=C2CCC=C3)c2ccc(C3=CC4=C(CC3)c3ccc(-c5ccc6c(c5)C(C)(C)C5=C6CCC=C5)cc3C4(C)C)cc21. The van der Waals surface area contributed by atoms with Gasteiger partial charge in [0.1, 0.15) is 0 Å². The Bertz CT molecular complexity index is 3340. The highest BCUT2D eigenvalue weighted by molar-refractivity contribution is 5.92. The Morgan fingerprint density at radius 1 is 0.486 bits per heavy atom. The van der Waals surface area contributed by atoms with Crippen molar-refractivity contribution >= 4 is 22.3 Å². The molecule has 0 nitrogen and oxygen atoms in total. The van der Waals surface area contributed by atoms with E-state index in [1.165, 1.54) is 113 Å². The van der Waals surface area contributed by atoms with Crippen LogP contribution in [-0.4, -0.2) is 0 Å². The second kappa shape index (κ2) is 15.9. The fourth-order valence-corrected chi connectivity index (χ4v) is 16.2. The lowest BCUT2D eigenvalue weighted by atomic mass is 9.61. The molecule has 0 saturated carbocycles. The molecule has 14 rings (SSSR count). The normalized spacial score (nSPS) is 26.6. The zero-order chi connectivity index (χ0) is 47.2. The molecule has 0 saturated heterocycles. The van der Waals surface area contributed by atoms with Gasteiger partial charge in [-0.25, -0.2) is 0 Å². The highest BCUT2D eigenvalue weighted by Gasteiger charge is 2.43. The summed E-state index contributed by atoms with van der Waals surface area (Å²) < 4.78 is 0. The first kappa shape index (κ1) is 43.1. The standard InChI is InChI=1S/C70H70/c1-41-23-25-43-15-7-9-17-49(43)67(41)61-39-60-53-31-27-45(35-58(53)62(40-59(60)51-19-11-12-20-52(51)61)68-42(2)24-26-44-16-8-10-18-50(44)68)46-28-33-56-57-34-30-48(38-66(57)70(5,6)65(56)36-46)47-29-32-55-54-21-13-14-22-63(54)69(3,4)64(55)37-47/h7,10,12,14-15,18,20,22,24,27,29-32,34-38,44,61-62H,8-9,11,13,16-17,19,21,23,25-26,28,33,39-40H2,1-6H3. The molecule has 3 atom stereocenters. The van der Waals surface area contributed by atoms with Crippen molar-refractivity contribution in [3.05, 3.63) is 221 Å². The molecule has 3 aromatic carbocycles. The number of benzene rings is 3. The third kappa shape index (κ3) is 6.33. The smallest absolute Gasteiger partial charge is 0.0155 e. The minimum atomic E-state index is -0.0740. The summed E-state index contributed by atoms with van der Waals surface area (Å²) in [5.41, 5.74) is 39.1. The minimum absolute atomic E-state index is 0.0398. The van der Waals surface area contributed by atoms with Crippen molar-refractivity contribution in [3.63, 3.8) is 0 Å². The maximum Gasteiger partial charge on any atom is 0.0155 e. The van der Waals surface area contributed by atoms with Gasteiger partial charge < -0.3 is 0 Å². The van der Waals surface area contributed by atoms with Gasteiger partial charge in [-0.3, -0.25) is 0 Å². The molecular weight excluding hydrogens is 841 g/mol. The van der Waals surface area contributed by atoms with Gasteiger partial charge in [0.2, 0.25) is 0 Å². The fraction of sp³-hybridized carbons (Fsp3) is 0.371. The molecule has 0 fully saturated rings. The van der Waals surface area contributed by atoms with Crippen LogP contribution in [0.5, 0.6) is 0 Å². The molecule has 0 N–H and O–H groups in total. The molecule has 0 radical (unpaired) electrons. The van der Waals surface area contributed by atoms with Gasteiger partial charge in [0.15, 0.2) is 0 Å². The Hall–Kier alpha value is -5.72. The Kier molecular flexibility index (Phi) is 9.78. The number of hydrogen-bond donors (Lipinski definition) is 0. The third-order valence-corrected chi connectivity index (χ3v) is 19.8. The van der Waals surface area contributed by atoms with Gasteiger partial charge >= 0.3 is 0 Å². The van der Waals surface area contributed by atoms with Crippen LogP contribution >= 0.6 is 0 Å². The lowest BCUT2D eigenvalue weighted by Crippen LogP contribution is -2.26. The molecule has 350 valence electrons. The molecule has 11 aliphatic carbocycles. The highest BCUT2D eigenvalue weighted by atomic mass is 14.5. The van der Waals surface area contributed by atoms with Crippen LogP contribution in [0.2, 0.25) is 0 Å². The molecule has 0 heteroatoms. The molecule has 0 aliphatic heterocycles. The first-order chi connectivity index (χ1) is 34.0. The average molecular weight is 911 g/mol. The molecule has 0 heterocycles. The molecule has 70 heavy (non-hydrogen) atoms. The van der Waals surface area contributed by atoms with Gasteiger partial charge in [0.05, 0.1) is 0 Å². The quantitative estimate of drug-likeness (QED) is 0.245. The maximum absolute atomic E-state index is 2.72. The number of fused-ring (bicyclic) bond motifs is 8. The van der Waals surface area contributed by atoms with Gasteiger partial charge in [-0.15, -0.1) is 0 Å². The van der Waals surface area contributed by atoms with Crippen LogP contribution in [0.25, 0.3) is 33.4 Å². The van der Waals surface area contributed by atoms with E-state index < -0.39 is 0 Å². The van der Waals surface area contributed by atoms with Gasteiger partial charge in [-0.1, -0.05) is 142 Å². The Morgan fingerprint density at radius 3 is 1.93 bits per heavy atom. The van der Waals surface area contributed by atoms with Crippen molar-refractivity contribution in [2.24, 2.45) is 11.8 Å². The van der Waals surface area contributed by atoms with Crippen LogP contribution in [0.3, 0.4) is 0 Å². The number of rotatable bonds is 4. The average Bonchev–Trinajstić information content (AvgIpc) is 3.76. The molecule has 0 spiro atoms. The fourth-order valence-electron chi connectivity index (χ4n) is 16.2. The number of hydrogen-bond acceptors (Lipinski definition) is 0. The topological polar surface area (TPSA) is 0 Å². The highest BCUT2D eigenvalue weighted by Crippen LogP contribution is 2.59. The number of allylic oxidation sites excluding steroid dienone is 26. The van der Waals surface area contributed by atoms with E-state index >= 15 is 0 Å². The third-order valence-electron chi connectivity index (χ3n) is 19.8. The van der Waals surface area contributed by atoms with Gasteiger partial charge in [-0.05, 0) is 256 Å². The summed E-state index contributed by atoms with van der Waals surface area (Å²) in [7, 11) is 0. The van der Waals surface area contributed by atoms with Gasteiger partial charge in [-0.2, -0.15) is 0 Å². The predicted octanol–water partition coefficient (Wildman–Crippen LogP) is 18.9. The van der Waals surface area contributed by atoms with E-state index in [9.17, 15) is 0 Å². The zero-order valence-corrected chi connectivity index (χ0v) is 42.8. The van der Waals surface area contributed by atoms with Crippen LogP contribution in [0.4, 0.5) is 0 Å². The van der Waals surface area contributed by atoms with Crippen LogP contribution in [0.1, 0.15) is 183 Å². The Balaban J connectivity index is 0.858. The minimum Gasteiger partial charge on any atom is -0.0842 e. The molecule has 0 amide bonds. The van der Waals surface area contributed by atoms with E-state index in [1.54, 1.807) is 78.0 Å². The first-order valence-corrected chi connectivity index (χ1v) is 27.6. The van der Waals surface area contributed by atoms with Crippen molar-refractivity contribution in [2.75, 3.05) is 0 Å². The van der Waals surface area contributed by atoms with Crippen LogP contribution in [0.15, 0.2) is 182 Å². The summed E-state index contributed by atoms with van der Waals surface area (Å²) in [6.07, 6.45) is 42.6. The molecule has 0 bridgehead atoms. The van der Waals surface area contributed by atoms with Crippen LogP contribution in [-0.2, 0) is 10.8 Å². The molecule has 11 aliphatic rings. The van der Waals surface area contributed by atoms with E-state index in [4.69, 9.17) is 0 Å². The monoisotopic (exact) mass is 911 g/mol. The van der Waals surface area contributed by atoms with E-state index in [1.807, 2.05) is 0 Å². The van der Waals surface area contributed by atoms with E-state index in [0.717, 1.165) is 44.9 Å². The summed E-state index contributed by atoms with van der Waals surface area (Å²) in [6.45, 7) is 14.8. The molecule has 3 aromatic rings. The van der Waals surface area contributed by atoms with Crippen LogP contribution in [0, 0.1) is 11.8 Å². The van der Waals surface area contributed by atoms with Crippen molar-refractivity contribution in [1.29, 1.82) is 0 Å². The first-order valence-electron chi connectivity index (χ1n) is 27.6. The summed E-state index contributed by atoms with van der Waals surface area (Å²) >= 11 is 0. The molecule has 0 aromatic heterocycles. The van der Waals surface area contributed by atoms with E-state index in [2.05, 4.69) is 157 Å². The Morgan fingerprint density at radius 2 is 1.13 bits per heavy atom. The van der Waals surface area contributed by atoms with Crippen molar-refractivity contribution in [3.8, 4) is 11.1 Å². The summed E-state index contributed by atoms with van der Waals surface area (Å²) in [4.78, 5) is 0. The van der Waals surface area contributed by atoms with Crippen LogP contribution < -0.4 is 0 Å². The summed E-state index contributed by atoms with van der Waals surface area (Å²) in [5.74, 6) is 1.46. The maximum atomic E-state index is 2.72. The Labute approximate surface area is 418 Å². The molecular formula is C70H70. The van der Waals surface area contributed by atoms with Crippen molar-refractivity contribution < 1.29 is 0 Å². The van der Waals surface area contributed by atoms with Gasteiger partial charge in [0.25, 0.3) is 0 Å². The van der Waals surface area contributed by atoms with Crippen molar-refractivity contribution in [1.82, 2.24) is 0 Å². The summed E-state index contributed by atoms with van der Waals surface area (Å²) in [5, 5.41) is 0. The largest absolute Gasteiger partial charge is 0.0842 e. The summed E-state index contributed by atoms with van der Waals surface area (Å²) in [6, 6.07) is 22.7.